The first-order chi connectivity index (χ1) is 13.9. The number of amides is 1. The zero-order valence-corrected chi connectivity index (χ0v) is 17.0. The highest BCUT2D eigenvalue weighted by Gasteiger charge is 2.39. The van der Waals surface area contributed by atoms with E-state index in [-0.39, 0.29) is 17.7 Å². The third-order valence-corrected chi connectivity index (χ3v) is 6.90. The lowest BCUT2D eigenvalue weighted by Gasteiger charge is -2.31. The summed E-state index contributed by atoms with van der Waals surface area (Å²) in [5, 5.41) is 1.87. The van der Waals surface area contributed by atoms with Gasteiger partial charge < -0.3 is 9.80 Å². The molecule has 0 bridgehead atoms. The van der Waals surface area contributed by atoms with E-state index in [0.29, 0.717) is 23.5 Å². The molecule has 0 radical (unpaired) electrons. The summed E-state index contributed by atoms with van der Waals surface area (Å²) in [5.41, 5.74) is 0.0677. The summed E-state index contributed by atoms with van der Waals surface area (Å²) in [6.45, 7) is 3.95. The van der Waals surface area contributed by atoms with Crippen LogP contribution in [-0.2, 0) is 6.18 Å². The van der Waals surface area contributed by atoms with E-state index in [1.165, 1.54) is 42.7 Å². The SMILES string of the molecule is O=C(c1cccs1)N1C[C@@H](CN2CCCCC2)[C@@H](c2cccc(C(F)(F)F)c2)C1. The summed E-state index contributed by atoms with van der Waals surface area (Å²) in [6, 6.07) is 9.31. The number of hydrogen-bond donors (Lipinski definition) is 0. The van der Waals surface area contributed by atoms with Crippen molar-refractivity contribution in [2.24, 2.45) is 5.92 Å². The molecule has 2 aromatic rings. The van der Waals surface area contributed by atoms with Crippen LogP contribution in [0.2, 0.25) is 0 Å². The number of rotatable bonds is 4. The van der Waals surface area contributed by atoms with E-state index in [1.54, 1.807) is 6.07 Å². The first-order valence-electron chi connectivity index (χ1n) is 10.1. The Hall–Kier alpha value is -1.86. The average molecular weight is 423 g/mol. The number of carbonyl (C=O) groups excluding carboxylic acids is 1. The molecule has 7 heteroatoms. The Morgan fingerprint density at radius 2 is 1.86 bits per heavy atom. The van der Waals surface area contributed by atoms with Crippen LogP contribution < -0.4 is 0 Å². The summed E-state index contributed by atoms with van der Waals surface area (Å²) >= 11 is 1.41. The van der Waals surface area contributed by atoms with Crippen LogP contribution in [0.4, 0.5) is 13.2 Å². The van der Waals surface area contributed by atoms with Gasteiger partial charge in [-0.15, -0.1) is 11.3 Å². The maximum Gasteiger partial charge on any atom is 0.416 e. The molecule has 2 aliphatic rings. The molecule has 2 atom stereocenters. The number of hydrogen-bond acceptors (Lipinski definition) is 3. The van der Waals surface area contributed by atoms with Gasteiger partial charge in [0.25, 0.3) is 5.91 Å². The molecular weight excluding hydrogens is 397 g/mol. The Balaban J connectivity index is 1.58. The topological polar surface area (TPSA) is 23.6 Å². The third kappa shape index (κ3) is 4.67. The Kier molecular flexibility index (Phi) is 5.97. The van der Waals surface area contributed by atoms with Crippen LogP contribution in [0.15, 0.2) is 41.8 Å². The predicted molar refractivity (Wildman–Crippen MR) is 108 cm³/mol. The van der Waals surface area contributed by atoms with Crippen LogP contribution in [0.5, 0.6) is 0 Å². The molecule has 1 amide bonds. The molecule has 3 heterocycles. The van der Waals surface area contributed by atoms with E-state index < -0.39 is 11.7 Å². The van der Waals surface area contributed by atoms with Gasteiger partial charge in [0.2, 0.25) is 0 Å². The molecule has 1 aromatic carbocycles. The van der Waals surface area contributed by atoms with E-state index in [4.69, 9.17) is 0 Å². The molecule has 4 rings (SSSR count). The fraction of sp³-hybridized carbons (Fsp3) is 0.500. The average Bonchev–Trinajstić information content (AvgIpc) is 3.38. The highest BCUT2D eigenvalue weighted by Crippen LogP contribution is 2.37. The molecule has 2 saturated heterocycles. The molecule has 0 saturated carbocycles. The number of halogens is 3. The van der Waals surface area contributed by atoms with Crippen LogP contribution in [0.25, 0.3) is 0 Å². The number of alkyl halides is 3. The van der Waals surface area contributed by atoms with Crippen LogP contribution in [0.1, 0.15) is 46.0 Å². The molecule has 0 N–H and O–H groups in total. The molecule has 156 valence electrons. The Labute approximate surface area is 173 Å². The van der Waals surface area contributed by atoms with Crippen LogP contribution in [0.3, 0.4) is 0 Å². The summed E-state index contributed by atoms with van der Waals surface area (Å²) in [7, 11) is 0. The second-order valence-corrected chi connectivity index (χ2v) is 8.99. The van der Waals surface area contributed by atoms with E-state index in [0.717, 1.165) is 25.7 Å². The largest absolute Gasteiger partial charge is 0.416 e. The third-order valence-electron chi connectivity index (χ3n) is 6.04. The first-order valence-corrected chi connectivity index (χ1v) is 11.0. The number of thiophene rings is 1. The van der Waals surface area contributed by atoms with E-state index >= 15 is 0 Å². The quantitative estimate of drug-likeness (QED) is 0.684. The second-order valence-electron chi connectivity index (χ2n) is 8.04. The van der Waals surface area contributed by atoms with Crippen LogP contribution >= 0.6 is 11.3 Å². The smallest absolute Gasteiger partial charge is 0.337 e. The molecule has 0 unspecified atom stereocenters. The Bertz CT molecular complexity index is 831. The lowest BCUT2D eigenvalue weighted by Crippen LogP contribution is -2.36. The van der Waals surface area contributed by atoms with Gasteiger partial charge in [0.05, 0.1) is 10.4 Å². The maximum absolute atomic E-state index is 13.2. The van der Waals surface area contributed by atoms with Crippen molar-refractivity contribution < 1.29 is 18.0 Å². The number of piperidine rings is 1. The zero-order chi connectivity index (χ0) is 20.4. The minimum Gasteiger partial charge on any atom is -0.337 e. The van der Waals surface area contributed by atoms with Crippen molar-refractivity contribution in [3.05, 3.63) is 57.8 Å². The Morgan fingerprint density at radius 1 is 1.07 bits per heavy atom. The number of nitrogens with zero attached hydrogens (tertiary/aromatic N) is 2. The lowest BCUT2D eigenvalue weighted by molar-refractivity contribution is -0.137. The molecule has 0 spiro atoms. The minimum absolute atomic E-state index is 0.0156. The van der Waals surface area contributed by atoms with Gasteiger partial charge in [-0.2, -0.15) is 13.2 Å². The molecule has 0 aliphatic carbocycles. The molecular formula is C22H25F3N2OS. The number of likely N-dealkylation sites (tertiary alicyclic amines) is 2. The van der Waals surface area contributed by atoms with Crippen molar-refractivity contribution in [1.82, 2.24) is 9.80 Å². The van der Waals surface area contributed by atoms with Gasteiger partial charge in [-0.3, -0.25) is 4.79 Å². The van der Waals surface area contributed by atoms with Gasteiger partial charge >= 0.3 is 6.18 Å². The number of benzene rings is 1. The van der Waals surface area contributed by atoms with Crippen molar-refractivity contribution in [3.8, 4) is 0 Å². The van der Waals surface area contributed by atoms with Gasteiger partial charge in [0, 0.05) is 25.6 Å². The molecule has 29 heavy (non-hydrogen) atoms. The van der Waals surface area contributed by atoms with Gasteiger partial charge in [0.1, 0.15) is 0 Å². The summed E-state index contributed by atoms with van der Waals surface area (Å²) in [4.78, 5) is 17.8. The van der Waals surface area contributed by atoms with E-state index in [1.807, 2.05) is 22.4 Å². The van der Waals surface area contributed by atoms with Gasteiger partial charge in [0.15, 0.2) is 0 Å². The molecule has 2 fully saturated rings. The van der Waals surface area contributed by atoms with Crippen molar-refractivity contribution in [3.63, 3.8) is 0 Å². The predicted octanol–water partition coefficient (Wildman–Crippen LogP) is 5.11. The number of carbonyl (C=O) groups is 1. The maximum atomic E-state index is 13.2. The summed E-state index contributed by atoms with van der Waals surface area (Å²) < 4.78 is 39.7. The monoisotopic (exact) mass is 422 g/mol. The molecule has 3 nitrogen and oxygen atoms in total. The van der Waals surface area contributed by atoms with Crippen molar-refractivity contribution in [1.29, 1.82) is 0 Å². The highest BCUT2D eigenvalue weighted by molar-refractivity contribution is 7.12. The van der Waals surface area contributed by atoms with Crippen LogP contribution in [-0.4, -0.2) is 48.4 Å². The fourth-order valence-corrected chi connectivity index (χ4v) is 5.27. The van der Waals surface area contributed by atoms with Gasteiger partial charge in [-0.25, -0.2) is 0 Å². The summed E-state index contributed by atoms with van der Waals surface area (Å²) in [5.74, 6) is 0.0433. The van der Waals surface area contributed by atoms with Crippen molar-refractivity contribution >= 4 is 17.2 Å². The van der Waals surface area contributed by atoms with E-state index in [9.17, 15) is 18.0 Å². The van der Waals surface area contributed by atoms with Crippen molar-refractivity contribution in [2.75, 3.05) is 32.7 Å². The summed E-state index contributed by atoms with van der Waals surface area (Å²) in [6.07, 6.45) is -0.789. The van der Waals surface area contributed by atoms with Crippen molar-refractivity contribution in [2.45, 2.75) is 31.4 Å². The lowest BCUT2D eigenvalue weighted by atomic mass is 9.87. The van der Waals surface area contributed by atoms with Gasteiger partial charge in [-0.1, -0.05) is 30.7 Å². The van der Waals surface area contributed by atoms with Gasteiger partial charge in [-0.05, 0) is 54.9 Å². The minimum atomic E-state index is -4.36. The normalized spacial score (nSPS) is 23.5. The second kappa shape index (κ2) is 8.48. The van der Waals surface area contributed by atoms with Crippen LogP contribution in [0, 0.1) is 5.92 Å². The Morgan fingerprint density at radius 3 is 2.55 bits per heavy atom. The van der Waals surface area contributed by atoms with E-state index in [2.05, 4.69) is 4.90 Å². The molecule has 2 aliphatic heterocycles. The zero-order valence-electron chi connectivity index (χ0n) is 16.2. The highest BCUT2D eigenvalue weighted by atomic mass is 32.1. The standard InChI is InChI=1S/C22H25F3N2OS/c23-22(24,25)18-7-4-6-16(12-18)19-15-27(21(28)20-8-5-11-29-20)14-17(19)13-26-9-2-1-3-10-26/h4-8,11-12,17,19H,1-3,9-10,13-15H2/t17-,19-/m1/s1. The fourth-order valence-electron chi connectivity index (χ4n) is 4.58. The molecule has 1 aromatic heterocycles. The first kappa shape index (κ1) is 20.4.